The summed E-state index contributed by atoms with van der Waals surface area (Å²) in [7, 11) is 0. The zero-order valence-corrected chi connectivity index (χ0v) is 9.87. The summed E-state index contributed by atoms with van der Waals surface area (Å²) in [5.41, 5.74) is 0. The molecule has 1 unspecified atom stereocenters. The predicted octanol–water partition coefficient (Wildman–Crippen LogP) is 1.99. The molecule has 1 atom stereocenters. The lowest BCUT2D eigenvalue weighted by atomic mass is 10.0. The van der Waals surface area contributed by atoms with Gasteiger partial charge >= 0.3 is 12.4 Å². The van der Waals surface area contributed by atoms with Crippen LogP contribution in [0.2, 0.25) is 0 Å². The lowest BCUT2D eigenvalue weighted by molar-refractivity contribution is -0.274. The Balaban J connectivity index is 2.57. The molecule has 0 saturated carbocycles. The molecule has 9 heteroatoms. The molecule has 3 nitrogen and oxygen atoms in total. The van der Waals surface area contributed by atoms with Crippen LogP contribution in [-0.2, 0) is 4.79 Å². The SMILES string of the molecule is O=C(NCC1CCCCN1)C(C(F)(F)F)C(F)(F)F. The van der Waals surface area contributed by atoms with E-state index in [1.807, 2.05) is 0 Å². The molecule has 0 spiro atoms. The van der Waals surface area contributed by atoms with E-state index in [-0.39, 0.29) is 12.6 Å². The van der Waals surface area contributed by atoms with Crippen LogP contribution in [0.1, 0.15) is 19.3 Å². The fourth-order valence-electron chi connectivity index (χ4n) is 1.91. The van der Waals surface area contributed by atoms with Gasteiger partial charge < -0.3 is 10.6 Å². The summed E-state index contributed by atoms with van der Waals surface area (Å²) in [4.78, 5) is 11.1. The Morgan fingerprint density at radius 2 is 1.74 bits per heavy atom. The largest absolute Gasteiger partial charge is 0.409 e. The summed E-state index contributed by atoms with van der Waals surface area (Å²) in [6.07, 6.45) is -8.93. The number of piperidine rings is 1. The van der Waals surface area contributed by atoms with Gasteiger partial charge in [0.05, 0.1) is 0 Å². The minimum atomic E-state index is -5.64. The van der Waals surface area contributed by atoms with Gasteiger partial charge in [-0.1, -0.05) is 6.42 Å². The van der Waals surface area contributed by atoms with Gasteiger partial charge in [0.1, 0.15) is 0 Å². The molecule has 1 saturated heterocycles. The summed E-state index contributed by atoms with van der Waals surface area (Å²) < 4.78 is 73.4. The average molecular weight is 292 g/mol. The summed E-state index contributed by atoms with van der Waals surface area (Å²) in [5, 5.41) is 4.64. The quantitative estimate of drug-likeness (QED) is 0.781. The van der Waals surface area contributed by atoms with Crippen LogP contribution in [0, 0.1) is 5.92 Å². The Labute approximate surface area is 105 Å². The zero-order chi connectivity index (χ0) is 14.7. The first-order chi connectivity index (χ1) is 8.62. The summed E-state index contributed by atoms with van der Waals surface area (Å²) >= 11 is 0. The molecule has 0 radical (unpaired) electrons. The molecule has 1 heterocycles. The smallest absolute Gasteiger partial charge is 0.354 e. The molecule has 0 aromatic carbocycles. The van der Waals surface area contributed by atoms with Crippen molar-refractivity contribution in [2.45, 2.75) is 37.7 Å². The lowest BCUT2D eigenvalue weighted by Crippen LogP contribution is -2.51. The van der Waals surface area contributed by atoms with E-state index in [1.165, 1.54) is 0 Å². The van der Waals surface area contributed by atoms with Crippen molar-refractivity contribution in [1.82, 2.24) is 10.6 Å². The second kappa shape index (κ2) is 5.98. The number of hydrogen-bond donors (Lipinski definition) is 2. The first kappa shape index (κ1) is 16.1. The molecule has 1 rings (SSSR count). The Hall–Kier alpha value is -0.990. The maximum atomic E-state index is 12.2. The van der Waals surface area contributed by atoms with Crippen LogP contribution in [0.3, 0.4) is 0 Å². The molecular formula is C10H14F6N2O. The molecule has 0 aromatic heterocycles. The van der Waals surface area contributed by atoms with E-state index in [0.717, 1.165) is 12.8 Å². The van der Waals surface area contributed by atoms with Crippen molar-refractivity contribution in [2.24, 2.45) is 5.92 Å². The molecule has 2 N–H and O–H groups in total. The van der Waals surface area contributed by atoms with Crippen LogP contribution in [-0.4, -0.2) is 37.4 Å². The fourth-order valence-corrected chi connectivity index (χ4v) is 1.91. The second-order valence-electron chi connectivity index (χ2n) is 4.41. The molecule has 1 aliphatic rings. The highest BCUT2D eigenvalue weighted by atomic mass is 19.4. The van der Waals surface area contributed by atoms with Crippen LogP contribution in [0.4, 0.5) is 26.3 Å². The fraction of sp³-hybridized carbons (Fsp3) is 0.900. The van der Waals surface area contributed by atoms with Crippen molar-refractivity contribution in [1.29, 1.82) is 0 Å². The van der Waals surface area contributed by atoms with Crippen molar-refractivity contribution >= 4 is 5.91 Å². The molecule has 0 aliphatic carbocycles. The van der Waals surface area contributed by atoms with Gasteiger partial charge in [0, 0.05) is 12.6 Å². The average Bonchev–Trinajstić information content (AvgIpc) is 2.24. The third-order valence-electron chi connectivity index (χ3n) is 2.85. The predicted molar refractivity (Wildman–Crippen MR) is 54.3 cm³/mol. The number of halogens is 6. The third kappa shape index (κ3) is 4.88. The van der Waals surface area contributed by atoms with E-state index >= 15 is 0 Å². The van der Waals surface area contributed by atoms with Gasteiger partial charge in [-0.2, -0.15) is 26.3 Å². The first-order valence-electron chi connectivity index (χ1n) is 5.77. The van der Waals surface area contributed by atoms with Crippen LogP contribution in [0.15, 0.2) is 0 Å². The van der Waals surface area contributed by atoms with E-state index in [9.17, 15) is 31.1 Å². The minimum Gasteiger partial charge on any atom is -0.354 e. The lowest BCUT2D eigenvalue weighted by Gasteiger charge is -2.26. The van der Waals surface area contributed by atoms with Crippen LogP contribution in [0.25, 0.3) is 0 Å². The molecular weight excluding hydrogens is 278 g/mol. The molecule has 112 valence electrons. The highest BCUT2D eigenvalue weighted by Gasteiger charge is 2.61. The van der Waals surface area contributed by atoms with Crippen molar-refractivity contribution in [2.75, 3.05) is 13.1 Å². The van der Waals surface area contributed by atoms with Gasteiger partial charge in [0.15, 0.2) is 0 Å². The topological polar surface area (TPSA) is 41.1 Å². The normalized spacial score (nSPS) is 21.5. The van der Waals surface area contributed by atoms with Gasteiger partial charge in [0.2, 0.25) is 11.8 Å². The standard InChI is InChI=1S/C10H14F6N2O/c11-9(12,13)7(10(14,15)16)8(19)18-5-6-3-1-2-4-17-6/h6-7,17H,1-5H2,(H,18,19). The monoisotopic (exact) mass is 292 g/mol. The molecule has 1 amide bonds. The van der Waals surface area contributed by atoms with E-state index in [4.69, 9.17) is 0 Å². The van der Waals surface area contributed by atoms with Gasteiger partial charge in [-0.25, -0.2) is 0 Å². The molecule has 0 bridgehead atoms. The van der Waals surface area contributed by atoms with Crippen molar-refractivity contribution in [3.8, 4) is 0 Å². The zero-order valence-electron chi connectivity index (χ0n) is 9.87. The molecule has 19 heavy (non-hydrogen) atoms. The first-order valence-corrected chi connectivity index (χ1v) is 5.77. The third-order valence-corrected chi connectivity index (χ3v) is 2.85. The molecule has 0 aromatic rings. The number of nitrogens with one attached hydrogen (secondary N) is 2. The van der Waals surface area contributed by atoms with Crippen LogP contribution >= 0.6 is 0 Å². The number of carbonyl (C=O) groups is 1. The number of hydrogen-bond acceptors (Lipinski definition) is 2. The number of alkyl halides is 6. The van der Waals surface area contributed by atoms with Crippen molar-refractivity contribution in [3.63, 3.8) is 0 Å². The van der Waals surface area contributed by atoms with E-state index in [0.29, 0.717) is 13.0 Å². The van der Waals surface area contributed by atoms with Crippen LogP contribution < -0.4 is 10.6 Å². The van der Waals surface area contributed by atoms with E-state index in [2.05, 4.69) is 5.32 Å². The maximum Gasteiger partial charge on any atom is 0.409 e. The number of carbonyl (C=O) groups excluding carboxylic acids is 1. The highest BCUT2D eigenvalue weighted by molar-refractivity contribution is 5.80. The summed E-state index contributed by atoms with van der Waals surface area (Å²) in [6.45, 7) is 0.407. The highest BCUT2D eigenvalue weighted by Crippen LogP contribution is 2.39. The van der Waals surface area contributed by atoms with Crippen LogP contribution in [0.5, 0.6) is 0 Å². The summed E-state index contributed by atoms with van der Waals surface area (Å²) in [6, 6.07) is -0.278. The van der Waals surface area contributed by atoms with Gasteiger partial charge in [-0.3, -0.25) is 4.79 Å². The second-order valence-corrected chi connectivity index (χ2v) is 4.41. The molecule has 1 aliphatic heterocycles. The number of amides is 1. The minimum absolute atomic E-state index is 0.235. The summed E-state index contributed by atoms with van der Waals surface area (Å²) in [5.74, 6) is -6.02. The maximum absolute atomic E-state index is 12.2. The Bertz CT molecular complexity index is 294. The van der Waals surface area contributed by atoms with Crippen molar-refractivity contribution in [3.05, 3.63) is 0 Å². The van der Waals surface area contributed by atoms with E-state index in [1.54, 1.807) is 5.32 Å². The van der Waals surface area contributed by atoms with Crippen molar-refractivity contribution < 1.29 is 31.1 Å². The van der Waals surface area contributed by atoms with E-state index < -0.39 is 24.2 Å². The van der Waals surface area contributed by atoms with Gasteiger partial charge in [-0.05, 0) is 19.4 Å². The van der Waals surface area contributed by atoms with Gasteiger partial charge in [-0.15, -0.1) is 0 Å². The Morgan fingerprint density at radius 3 is 2.16 bits per heavy atom. The Morgan fingerprint density at radius 1 is 1.16 bits per heavy atom. The number of rotatable bonds is 3. The Kier molecular flexibility index (Phi) is 5.05. The molecule has 1 fully saturated rings. The van der Waals surface area contributed by atoms with Gasteiger partial charge in [0.25, 0.3) is 0 Å².